The van der Waals surface area contributed by atoms with Crippen LogP contribution in [-0.2, 0) is 16.6 Å². The van der Waals surface area contributed by atoms with Crippen LogP contribution in [-0.4, -0.2) is 12.5 Å². The Morgan fingerprint density at radius 3 is 2.18 bits per heavy atom. The molecular weight excluding hydrogens is 408 g/mol. The molecule has 4 heteroatoms. The average molecular weight is 438 g/mol. The lowest BCUT2D eigenvalue weighted by atomic mass is 9.68. The first-order valence-electron chi connectivity index (χ1n) is 11.7. The van der Waals surface area contributed by atoms with Crippen molar-refractivity contribution in [2.45, 2.75) is 31.1 Å². The van der Waals surface area contributed by atoms with Crippen molar-refractivity contribution in [2.75, 3.05) is 6.54 Å². The molecule has 3 aromatic rings. The van der Waals surface area contributed by atoms with E-state index in [0.29, 0.717) is 13.0 Å². The molecule has 166 valence electrons. The Morgan fingerprint density at radius 1 is 0.848 bits per heavy atom. The lowest BCUT2D eigenvalue weighted by Gasteiger charge is -2.39. The molecule has 2 aliphatic heterocycles. The molecule has 0 saturated carbocycles. The Hall–Kier alpha value is -3.63. The summed E-state index contributed by atoms with van der Waals surface area (Å²) in [6, 6.07) is 26.4. The van der Waals surface area contributed by atoms with Gasteiger partial charge in [-0.1, -0.05) is 66.7 Å². The standard InChI is InChI=1S/C29H28N2O2/c32-28(31-21-18-23-13-9-20-30-23)29(19-8-12-22-10-2-1-3-11-22)24-14-4-6-16-26(24)33-27-17-7-5-15-25(27)29/h1-7,9-11,13-17,20,30H,8,12,18-19,21H2,(H,31,32)/p+1. The van der Waals surface area contributed by atoms with E-state index in [-0.39, 0.29) is 5.91 Å². The maximum absolute atomic E-state index is 14.0. The Labute approximate surface area is 195 Å². The summed E-state index contributed by atoms with van der Waals surface area (Å²) in [5, 5.41) is 5.37. The van der Waals surface area contributed by atoms with E-state index in [2.05, 4.69) is 41.0 Å². The van der Waals surface area contributed by atoms with Gasteiger partial charge in [-0.3, -0.25) is 10.1 Å². The van der Waals surface area contributed by atoms with Crippen LogP contribution in [0.4, 0.5) is 0 Å². The third-order valence-corrected chi connectivity index (χ3v) is 6.59. The van der Waals surface area contributed by atoms with E-state index < -0.39 is 5.41 Å². The number of carbonyl (C=O) groups is 1. The zero-order valence-corrected chi connectivity index (χ0v) is 18.7. The molecule has 5 rings (SSSR count). The summed E-state index contributed by atoms with van der Waals surface area (Å²) in [7, 11) is 0. The van der Waals surface area contributed by atoms with Gasteiger partial charge in [0.2, 0.25) is 5.91 Å². The number of aryl methyl sites for hydroxylation is 1. The first kappa shape index (κ1) is 21.2. The van der Waals surface area contributed by atoms with E-state index >= 15 is 0 Å². The van der Waals surface area contributed by atoms with Crippen LogP contribution in [0, 0.1) is 0 Å². The SMILES string of the molecule is O=C(NCCC1=CC=C[NH2+]1)C1(CCCc2ccccc2)c2ccccc2Oc2ccccc21. The van der Waals surface area contributed by atoms with Gasteiger partial charge in [0.05, 0.1) is 6.20 Å². The minimum Gasteiger partial charge on any atom is -0.457 e. The molecule has 0 spiro atoms. The highest BCUT2D eigenvalue weighted by Crippen LogP contribution is 2.50. The summed E-state index contributed by atoms with van der Waals surface area (Å²) in [6.07, 6.45) is 9.51. The molecule has 2 heterocycles. The van der Waals surface area contributed by atoms with Gasteiger partial charge in [0.15, 0.2) is 0 Å². The number of amides is 1. The van der Waals surface area contributed by atoms with Gasteiger partial charge in [-0.2, -0.15) is 0 Å². The van der Waals surface area contributed by atoms with Crippen LogP contribution in [0.5, 0.6) is 11.5 Å². The van der Waals surface area contributed by atoms with Crippen molar-refractivity contribution in [3.63, 3.8) is 0 Å². The van der Waals surface area contributed by atoms with Gasteiger partial charge in [-0.05, 0) is 43.0 Å². The maximum atomic E-state index is 14.0. The van der Waals surface area contributed by atoms with Crippen LogP contribution in [0.2, 0.25) is 0 Å². The summed E-state index contributed by atoms with van der Waals surface area (Å²) >= 11 is 0. The molecule has 0 atom stereocenters. The van der Waals surface area contributed by atoms with Crippen molar-refractivity contribution in [1.82, 2.24) is 5.32 Å². The summed E-state index contributed by atoms with van der Waals surface area (Å²) in [6.45, 7) is 0.606. The number of para-hydroxylation sites is 2. The Balaban J connectivity index is 1.47. The quantitative estimate of drug-likeness (QED) is 0.542. The van der Waals surface area contributed by atoms with Gasteiger partial charge in [-0.15, -0.1) is 0 Å². The summed E-state index contributed by atoms with van der Waals surface area (Å²) < 4.78 is 6.23. The molecular formula is C29H29N2O2+. The molecule has 3 N–H and O–H groups in total. The normalized spacial score (nSPS) is 15.2. The second-order valence-electron chi connectivity index (χ2n) is 8.64. The first-order chi connectivity index (χ1) is 16.3. The van der Waals surface area contributed by atoms with Crippen LogP contribution in [0.25, 0.3) is 0 Å². The highest BCUT2D eigenvalue weighted by atomic mass is 16.5. The van der Waals surface area contributed by atoms with Crippen molar-refractivity contribution in [2.24, 2.45) is 0 Å². The largest absolute Gasteiger partial charge is 0.457 e. The number of nitrogens with two attached hydrogens (primary N) is 1. The molecule has 0 fully saturated rings. The lowest BCUT2D eigenvalue weighted by Crippen LogP contribution is -2.74. The van der Waals surface area contributed by atoms with Crippen LogP contribution in [0.15, 0.2) is 103 Å². The van der Waals surface area contributed by atoms with Crippen molar-refractivity contribution >= 4 is 5.91 Å². The fraction of sp³-hybridized carbons (Fsp3) is 0.207. The van der Waals surface area contributed by atoms with Crippen LogP contribution < -0.4 is 15.4 Å². The molecule has 0 aliphatic carbocycles. The van der Waals surface area contributed by atoms with E-state index in [1.807, 2.05) is 66.9 Å². The summed E-state index contributed by atoms with van der Waals surface area (Å²) in [5.41, 5.74) is 3.64. The molecule has 1 amide bonds. The van der Waals surface area contributed by atoms with E-state index in [1.54, 1.807) is 0 Å². The number of rotatable bonds is 8. The Bertz CT molecular complexity index is 1150. The molecule has 0 radical (unpaired) electrons. The van der Waals surface area contributed by atoms with Gasteiger partial charge in [0, 0.05) is 30.2 Å². The zero-order chi connectivity index (χ0) is 22.5. The van der Waals surface area contributed by atoms with Gasteiger partial charge >= 0.3 is 0 Å². The molecule has 0 bridgehead atoms. The monoisotopic (exact) mass is 437 g/mol. The third-order valence-electron chi connectivity index (χ3n) is 6.59. The number of benzene rings is 3. The number of ether oxygens (including phenoxy) is 1. The number of allylic oxidation sites excluding steroid dienone is 2. The Kier molecular flexibility index (Phi) is 6.09. The van der Waals surface area contributed by atoms with Crippen molar-refractivity contribution in [3.8, 4) is 11.5 Å². The summed E-state index contributed by atoms with van der Waals surface area (Å²) in [4.78, 5) is 14.0. The smallest absolute Gasteiger partial charge is 0.235 e. The van der Waals surface area contributed by atoms with Crippen LogP contribution in [0.1, 0.15) is 36.0 Å². The zero-order valence-electron chi connectivity index (χ0n) is 18.7. The van der Waals surface area contributed by atoms with Gasteiger partial charge < -0.3 is 10.1 Å². The van der Waals surface area contributed by atoms with Crippen LogP contribution in [0.3, 0.4) is 0 Å². The van der Waals surface area contributed by atoms with Crippen molar-refractivity contribution in [1.29, 1.82) is 0 Å². The van der Waals surface area contributed by atoms with E-state index in [9.17, 15) is 4.79 Å². The van der Waals surface area contributed by atoms with Gasteiger partial charge in [0.25, 0.3) is 0 Å². The molecule has 33 heavy (non-hydrogen) atoms. The van der Waals surface area contributed by atoms with Crippen LogP contribution >= 0.6 is 0 Å². The number of hydrogen-bond donors (Lipinski definition) is 2. The van der Waals surface area contributed by atoms with Gasteiger partial charge in [0.1, 0.15) is 22.6 Å². The fourth-order valence-electron chi connectivity index (χ4n) is 4.96. The first-order valence-corrected chi connectivity index (χ1v) is 11.7. The predicted molar refractivity (Wildman–Crippen MR) is 130 cm³/mol. The lowest BCUT2D eigenvalue weighted by molar-refractivity contribution is -0.533. The minimum absolute atomic E-state index is 0.0466. The highest BCUT2D eigenvalue weighted by Gasteiger charge is 2.47. The third kappa shape index (κ3) is 4.22. The van der Waals surface area contributed by atoms with Crippen molar-refractivity contribution < 1.29 is 14.8 Å². The Morgan fingerprint density at radius 2 is 1.52 bits per heavy atom. The van der Waals surface area contributed by atoms with E-state index in [1.165, 1.54) is 11.3 Å². The number of carbonyl (C=O) groups excluding carboxylic acids is 1. The predicted octanol–water partition coefficient (Wildman–Crippen LogP) is 4.58. The topological polar surface area (TPSA) is 54.9 Å². The number of nitrogens with one attached hydrogen (secondary N) is 1. The number of quaternary nitrogens is 1. The number of fused-ring (bicyclic) bond motifs is 2. The number of hydrogen-bond acceptors (Lipinski definition) is 2. The van der Waals surface area contributed by atoms with E-state index in [0.717, 1.165) is 41.9 Å². The molecule has 0 aromatic heterocycles. The van der Waals surface area contributed by atoms with Crippen molar-refractivity contribution in [3.05, 3.63) is 120 Å². The second kappa shape index (κ2) is 9.47. The fourth-order valence-corrected chi connectivity index (χ4v) is 4.96. The maximum Gasteiger partial charge on any atom is 0.235 e. The second-order valence-corrected chi connectivity index (χ2v) is 8.64. The molecule has 0 saturated heterocycles. The molecule has 0 unspecified atom stereocenters. The molecule has 3 aromatic carbocycles. The minimum atomic E-state index is -0.785. The average Bonchev–Trinajstić information content (AvgIpc) is 3.38. The van der Waals surface area contributed by atoms with Gasteiger partial charge in [-0.25, -0.2) is 0 Å². The molecule has 4 nitrogen and oxygen atoms in total. The summed E-state index contributed by atoms with van der Waals surface area (Å²) in [5.74, 6) is 1.58. The molecule has 2 aliphatic rings. The van der Waals surface area contributed by atoms with E-state index in [4.69, 9.17) is 4.74 Å². The highest BCUT2D eigenvalue weighted by molar-refractivity contribution is 5.94.